The first-order chi connectivity index (χ1) is 10.4. The summed E-state index contributed by atoms with van der Waals surface area (Å²) in [5.74, 6) is 0.576. The van der Waals surface area contributed by atoms with Crippen LogP contribution in [-0.2, 0) is 4.74 Å². The van der Waals surface area contributed by atoms with E-state index in [1.54, 1.807) is 0 Å². The van der Waals surface area contributed by atoms with Gasteiger partial charge in [-0.15, -0.1) is 5.10 Å². The van der Waals surface area contributed by atoms with Gasteiger partial charge in [0.15, 0.2) is 5.82 Å². The fourth-order valence-corrected chi connectivity index (χ4v) is 2.82. The molecule has 1 saturated heterocycles. The smallest absolute Gasteiger partial charge is 0.166 e. The van der Waals surface area contributed by atoms with Crippen molar-refractivity contribution in [2.75, 3.05) is 25.0 Å². The minimum atomic E-state index is 0.252. The molecule has 6 nitrogen and oxygen atoms in total. The summed E-state index contributed by atoms with van der Waals surface area (Å²) in [5.41, 5.74) is 2.27. The van der Waals surface area contributed by atoms with Gasteiger partial charge < -0.3 is 10.1 Å². The summed E-state index contributed by atoms with van der Waals surface area (Å²) >= 11 is 0. The molecule has 3 atom stereocenters. The topological polar surface area (TPSA) is 74.1 Å². The summed E-state index contributed by atoms with van der Waals surface area (Å²) in [4.78, 5) is 2.41. The Bertz CT molecular complexity index is 558. The lowest BCUT2D eigenvalue weighted by Crippen LogP contribution is -2.51. The average molecular weight is 303 g/mol. The third-order valence-corrected chi connectivity index (χ3v) is 4.20. The van der Waals surface area contributed by atoms with Crippen LogP contribution in [-0.4, -0.2) is 53.0 Å². The lowest BCUT2D eigenvalue weighted by molar-refractivity contribution is -0.0769. The van der Waals surface area contributed by atoms with E-state index in [1.165, 1.54) is 0 Å². The zero-order valence-electron chi connectivity index (χ0n) is 14.1. The normalized spacial score (nSPS) is 23.8. The van der Waals surface area contributed by atoms with E-state index in [0.717, 1.165) is 30.9 Å². The van der Waals surface area contributed by atoms with Crippen LogP contribution in [0.1, 0.15) is 37.6 Å². The molecular formula is C16H25N5O. The zero-order valence-corrected chi connectivity index (χ0v) is 14.1. The number of nitrogens with zero attached hydrogens (tertiary/aromatic N) is 4. The Balaban J connectivity index is 2.01. The molecule has 0 amide bonds. The van der Waals surface area contributed by atoms with Gasteiger partial charge in [0.1, 0.15) is 11.6 Å². The molecule has 0 saturated carbocycles. The monoisotopic (exact) mass is 303 g/mol. The van der Waals surface area contributed by atoms with E-state index in [0.29, 0.717) is 17.4 Å². The van der Waals surface area contributed by atoms with Crippen LogP contribution >= 0.6 is 0 Å². The molecule has 6 heteroatoms. The predicted molar refractivity (Wildman–Crippen MR) is 85.8 cm³/mol. The van der Waals surface area contributed by atoms with Crippen LogP contribution in [0.5, 0.6) is 0 Å². The molecule has 1 aromatic heterocycles. The van der Waals surface area contributed by atoms with Crippen LogP contribution < -0.4 is 5.32 Å². The lowest BCUT2D eigenvalue weighted by atomic mass is 10.1. The summed E-state index contributed by atoms with van der Waals surface area (Å²) in [6, 6.07) is 2.56. The number of nitrogens with one attached hydrogen (secondary N) is 1. The number of anilines is 1. The van der Waals surface area contributed by atoms with Crippen LogP contribution in [0.25, 0.3) is 0 Å². The highest BCUT2D eigenvalue weighted by atomic mass is 16.5. The number of hydrogen-bond acceptors (Lipinski definition) is 6. The van der Waals surface area contributed by atoms with E-state index in [2.05, 4.69) is 47.3 Å². The van der Waals surface area contributed by atoms with Crippen molar-refractivity contribution in [2.45, 2.75) is 52.9 Å². The summed E-state index contributed by atoms with van der Waals surface area (Å²) in [6.45, 7) is 12.7. The van der Waals surface area contributed by atoms with Crippen LogP contribution in [0.3, 0.4) is 0 Å². The summed E-state index contributed by atoms with van der Waals surface area (Å²) in [6.07, 6.45) is 0.504. The van der Waals surface area contributed by atoms with E-state index in [-0.39, 0.29) is 12.2 Å². The van der Waals surface area contributed by atoms with E-state index < -0.39 is 0 Å². The maximum absolute atomic E-state index is 9.32. The van der Waals surface area contributed by atoms with Gasteiger partial charge in [0.2, 0.25) is 0 Å². The first-order valence-electron chi connectivity index (χ1n) is 7.79. The lowest BCUT2D eigenvalue weighted by Gasteiger charge is -2.39. The first-order valence-corrected chi connectivity index (χ1v) is 7.79. The van der Waals surface area contributed by atoms with Crippen LogP contribution in [0.4, 0.5) is 5.82 Å². The van der Waals surface area contributed by atoms with E-state index in [1.807, 2.05) is 13.8 Å². The quantitative estimate of drug-likeness (QED) is 0.915. The van der Waals surface area contributed by atoms with Crippen molar-refractivity contribution in [1.29, 1.82) is 5.26 Å². The summed E-state index contributed by atoms with van der Waals surface area (Å²) in [7, 11) is 0. The predicted octanol–water partition coefficient (Wildman–Crippen LogP) is 1.87. The molecule has 0 aliphatic carbocycles. The van der Waals surface area contributed by atoms with Gasteiger partial charge in [-0.1, -0.05) is 0 Å². The zero-order chi connectivity index (χ0) is 16.3. The number of ether oxygens (including phenoxy) is 1. The molecule has 1 aliphatic rings. The van der Waals surface area contributed by atoms with Crippen molar-refractivity contribution in [3.05, 3.63) is 16.8 Å². The third kappa shape index (κ3) is 3.73. The van der Waals surface area contributed by atoms with Crippen molar-refractivity contribution in [2.24, 2.45) is 0 Å². The number of rotatable bonds is 4. The Kier molecular flexibility index (Phi) is 5.33. The Morgan fingerprint density at radius 3 is 2.55 bits per heavy atom. The maximum Gasteiger partial charge on any atom is 0.166 e. The van der Waals surface area contributed by atoms with E-state index in [9.17, 15) is 5.26 Å². The maximum atomic E-state index is 9.32. The van der Waals surface area contributed by atoms with Crippen molar-refractivity contribution in [1.82, 2.24) is 15.1 Å². The largest absolute Gasteiger partial charge is 0.373 e. The molecule has 1 N–H and O–H groups in total. The highest BCUT2D eigenvalue weighted by Crippen LogP contribution is 2.18. The molecule has 1 fully saturated rings. The second kappa shape index (κ2) is 7.03. The third-order valence-electron chi connectivity index (χ3n) is 4.20. The second-order valence-electron chi connectivity index (χ2n) is 6.19. The van der Waals surface area contributed by atoms with Crippen molar-refractivity contribution in [3.8, 4) is 6.07 Å². The highest BCUT2D eigenvalue weighted by molar-refractivity contribution is 5.55. The Labute approximate surface area is 132 Å². The number of aryl methyl sites for hydroxylation is 1. The van der Waals surface area contributed by atoms with Gasteiger partial charge in [-0.3, -0.25) is 4.90 Å². The summed E-state index contributed by atoms with van der Waals surface area (Å²) < 4.78 is 5.77. The van der Waals surface area contributed by atoms with Crippen molar-refractivity contribution in [3.63, 3.8) is 0 Å². The van der Waals surface area contributed by atoms with Crippen LogP contribution in [0.2, 0.25) is 0 Å². The molecule has 0 aromatic carbocycles. The fourth-order valence-electron chi connectivity index (χ4n) is 2.82. The molecule has 0 spiro atoms. The number of hydrogen-bond donors (Lipinski definition) is 1. The molecule has 120 valence electrons. The average Bonchev–Trinajstić information content (AvgIpc) is 2.47. The molecule has 1 aliphatic heterocycles. The molecule has 22 heavy (non-hydrogen) atoms. The molecule has 0 unspecified atom stereocenters. The molecule has 2 rings (SSSR count). The second-order valence-corrected chi connectivity index (χ2v) is 6.19. The molecule has 0 bridgehead atoms. The van der Waals surface area contributed by atoms with Crippen molar-refractivity contribution < 1.29 is 4.74 Å². The van der Waals surface area contributed by atoms with Gasteiger partial charge in [0.25, 0.3) is 0 Å². The first kappa shape index (κ1) is 16.7. The van der Waals surface area contributed by atoms with Crippen molar-refractivity contribution >= 4 is 5.82 Å². The van der Waals surface area contributed by atoms with Crippen LogP contribution in [0, 0.1) is 25.2 Å². The van der Waals surface area contributed by atoms with Gasteiger partial charge in [0.05, 0.1) is 17.9 Å². The van der Waals surface area contributed by atoms with Crippen LogP contribution in [0.15, 0.2) is 0 Å². The van der Waals surface area contributed by atoms with E-state index in [4.69, 9.17) is 4.74 Å². The minimum Gasteiger partial charge on any atom is -0.373 e. The van der Waals surface area contributed by atoms with Gasteiger partial charge in [-0.05, 0) is 40.2 Å². The summed E-state index contributed by atoms with van der Waals surface area (Å²) in [5, 5.41) is 20.8. The number of morpholine rings is 1. The molecule has 0 radical (unpaired) electrons. The minimum absolute atomic E-state index is 0.252. The SMILES string of the molecule is Cc1nnc(NC[C@H](C)N2C[C@@H](C)O[C@H](C)C2)c(C#N)c1C. The molecule has 1 aromatic rings. The van der Waals surface area contributed by atoms with Gasteiger partial charge in [-0.2, -0.15) is 10.4 Å². The molecular weight excluding hydrogens is 278 g/mol. The van der Waals surface area contributed by atoms with Gasteiger partial charge in [0, 0.05) is 25.7 Å². The molecule has 2 heterocycles. The van der Waals surface area contributed by atoms with Gasteiger partial charge in [-0.25, -0.2) is 0 Å². The van der Waals surface area contributed by atoms with Gasteiger partial charge >= 0.3 is 0 Å². The fraction of sp³-hybridized carbons (Fsp3) is 0.688. The Hall–Kier alpha value is -1.71. The Morgan fingerprint density at radius 2 is 1.95 bits per heavy atom. The Morgan fingerprint density at radius 1 is 1.32 bits per heavy atom. The number of nitriles is 1. The highest BCUT2D eigenvalue weighted by Gasteiger charge is 2.25. The van der Waals surface area contributed by atoms with E-state index >= 15 is 0 Å². The number of aromatic nitrogens is 2. The standard InChI is InChI=1S/C16H25N5O/c1-10(21-8-11(2)22-12(3)9-21)7-18-16-15(6-17)13(4)14(5)19-20-16/h10-12H,7-9H2,1-5H3,(H,18,20)/t10-,11+,12+/m0/s1.